The van der Waals surface area contributed by atoms with Crippen molar-refractivity contribution in [1.82, 2.24) is 29.8 Å². The molecule has 2 aromatic carbocycles. The maximum absolute atomic E-state index is 13.6. The third kappa shape index (κ3) is 2.94. The first-order valence-electron chi connectivity index (χ1n) is 7.90. The summed E-state index contributed by atoms with van der Waals surface area (Å²) >= 11 is 1.28. The van der Waals surface area contributed by atoms with Crippen LogP contribution in [-0.4, -0.2) is 29.8 Å². The maximum Gasteiger partial charge on any atom is 0.320 e. The first-order chi connectivity index (χ1) is 12.6. The number of imidazole rings is 1. The minimum absolute atomic E-state index is 0.286. The lowest BCUT2D eigenvalue weighted by Crippen LogP contribution is -2.07. The zero-order valence-corrected chi connectivity index (χ0v) is 14.5. The molecule has 0 bridgehead atoms. The lowest BCUT2D eigenvalue weighted by Gasteiger charge is -2.13. The van der Waals surface area contributed by atoms with Gasteiger partial charge in [-0.25, -0.2) is 4.98 Å². The molecule has 1 atom stereocenters. The predicted octanol–water partition coefficient (Wildman–Crippen LogP) is 4.26. The van der Waals surface area contributed by atoms with Gasteiger partial charge in [0.15, 0.2) is 0 Å². The van der Waals surface area contributed by atoms with E-state index < -0.39 is 6.55 Å². The molecule has 0 aliphatic heterocycles. The van der Waals surface area contributed by atoms with Crippen molar-refractivity contribution < 1.29 is 8.78 Å². The highest BCUT2D eigenvalue weighted by molar-refractivity contribution is 7.99. The molecule has 26 heavy (non-hydrogen) atoms. The van der Waals surface area contributed by atoms with E-state index in [1.165, 1.54) is 11.8 Å². The van der Waals surface area contributed by atoms with E-state index in [1.807, 2.05) is 37.3 Å². The molecule has 9 heteroatoms. The molecule has 0 saturated heterocycles. The summed E-state index contributed by atoms with van der Waals surface area (Å²) in [6, 6.07) is 16.3. The molecule has 132 valence electrons. The fourth-order valence-electron chi connectivity index (χ4n) is 2.75. The highest BCUT2D eigenvalue weighted by Crippen LogP contribution is 2.37. The number of alkyl halides is 2. The van der Waals surface area contributed by atoms with E-state index in [4.69, 9.17) is 0 Å². The summed E-state index contributed by atoms with van der Waals surface area (Å²) in [5.74, 6) is 0.286. The van der Waals surface area contributed by atoms with Crippen LogP contribution in [0.5, 0.6) is 0 Å². The fraction of sp³-hybridized carbons (Fsp3) is 0.176. The average Bonchev–Trinajstić information content (AvgIpc) is 3.26. The van der Waals surface area contributed by atoms with Crippen LogP contribution < -0.4 is 0 Å². The third-order valence-electron chi connectivity index (χ3n) is 3.91. The lowest BCUT2D eigenvalue weighted by molar-refractivity contribution is 0.0715. The van der Waals surface area contributed by atoms with Crippen LogP contribution in [0.15, 0.2) is 59.8 Å². The van der Waals surface area contributed by atoms with Crippen molar-refractivity contribution in [1.29, 1.82) is 0 Å². The molecule has 2 heterocycles. The maximum atomic E-state index is 13.6. The van der Waals surface area contributed by atoms with Crippen molar-refractivity contribution in [2.75, 3.05) is 0 Å². The van der Waals surface area contributed by atoms with Gasteiger partial charge in [-0.2, -0.15) is 13.5 Å². The van der Waals surface area contributed by atoms with E-state index in [2.05, 4.69) is 20.5 Å². The largest absolute Gasteiger partial charge is 0.320 e. The molecular weight excluding hydrogens is 358 g/mol. The van der Waals surface area contributed by atoms with Crippen molar-refractivity contribution in [3.63, 3.8) is 0 Å². The molecular formula is C17H14F2N6S. The van der Waals surface area contributed by atoms with Gasteiger partial charge in [-0.15, -0.1) is 5.10 Å². The summed E-state index contributed by atoms with van der Waals surface area (Å²) in [6.07, 6.45) is 0. The van der Waals surface area contributed by atoms with Crippen LogP contribution in [0.4, 0.5) is 8.78 Å². The molecule has 0 spiro atoms. The van der Waals surface area contributed by atoms with E-state index >= 15 is 0 Å². The number of thioether (sulfide) groups is 1. The van der Waals surface area contributed by atoms with Crippen molar-refractivity contribution in [3.05, 3.63) is 60.4 Å². The number of nitrogens with zero attached hydrogens (tertiary/aromatic N) is 6. The van der Waals surface area contributed by atoms with Gasteiger partial charge < -0.3 is 0 Å². The Labute approximate surface area is 151 Å². The molecule has 4 rings (SSSR count). The molecule has 0 amide bonds. The number of halogens is 2. The smallest absolute Gasteiger partial charge is 0.269 e. The van der Waals surface area contributed by atoms with Gasteiger partial charge in [-0.05, 0) is 41.6 Å². The summed E-state index contributed by atoms with van der Waals surface area (Å²) in [4.78, 5) is 4.40. The summed E-state index contributed by atoms with van der Waals surface area (Å²) in [7, 11) is 0. The lowest BCUT2D eigenvalue weighted by atomic mass is 10.3. The minimum atomic E-state index is -2.68. The number of benzene rings is 2. The topological polar surface area (TPSA) is 61.4 Å². The van der Waals surface area contributed by atoms with Crippen LogP contribution in [0.1, 0.15) is 24.5 Å². The highest BCUT2D eigenvalue weighted by atomic mass is 32.2. The van der Waals surface area contributed by atoms with Crippen molar-refractivity contribution >= 4 is 22.8 Å². The number of fused-ring (bicyclic) bond motifs is 1. The van der Waals surface area contributed by atoms with E-state index in [0.29, 0.717) is 16.2 Å². The first-order valence-corrected chi connectivity index (χ1v) is 8.78. The van der Waals surface area contributed by atoms with Crippen LogP contribution in [0.3, 0.4) is 0 Å². The number of aromatic nitrogens is 6. The SMILES string of the molecule is C[C@@H](Sc1nnnn1-c1ccccc1)c1nc2ccccc2n1C(F)F. The molecule has 0 saturated carbocycles. The van der Waals surface area contributed by atoms with Gasteiger partial charge >= 0.3 is 6.55 Å². The Kier molecular flexibility index (Phi) is 4.37. The third-order valence-corrected chi connectivity index (χ3v) is 4.94. The number of hydrogen-bond acceptors (Lipinski definition) is 5. The molecule has 2 aromatic heterocycles. The van der Waals surface area contributed by atoms with Crippen LogP contribution in [-0.2, 0) is 0 Å². The minimum Gasteiger partial charge on any atom is -0.269 e. The van der Waals surface area contributed by atoms with Gasteiger partial charge in [0.25, 0.3) is 0 Å². The van der Waals surface area contributed by atoms with Crippen LogP contribution in [0, 0.1) is 0 Å². The number of rotatable bonds is 5. The monoisotopic (exact) mass is 372 g/mol. The zero-order chi connectivity index (χ0) is 18.1. The van der Waals surface area contributed by atoms with Gasteiger partial charge in [0.2, 0.25) is 5.16 Å². The van der Waals surface area contributed by atoms with Crippen molar-refractivity contribution in [2.45, 2.75) is 23.9 Å². The van der Waals surface area contributed by atoms with Crippen molar-refractivity contribution in [2.24, 2.45) is 0 Å². The number of tetrazole rings is 1. The normalized spacial score (nSPS) is 12.8. The van der Waals surface area contributed by atoms with Gasteiger partial charge in [0, 0.05) is 0 Å². The predicted molar refractivity (Wildman–Crippen MR) is 94.4 cm³/mol. The molecule has 6 nitrogen and oxygen atoms in total. The highest BCUT2D eigenvalue weighted by Gasteiger charge is 2.24. The molecule has 0 aliphatic carbocycles. The fourth-order valence-corrected chi connectivity index (χ4v) is 3.66. The zero-order valence-electron chi connectivity index (χ0n) is 13.7. The summed E-state index contributed by atoms with van der Waals surface area (Å²) in [6.45, 7) is -0.861. The second-order valence-corrected chi connectivity index (χ2v) is 6.88. The van der Waals surface area contributed by atoms with Gasteiger partial charge in [-0.1, -0.05) is 42.1 Å². The number of para-hydroxylation sites is 3. The second-order valence-electron chi connectivity index (χ2n) is 5.58. The van der Waals surface area contributed by atoms with Crippen LogP contribution in [0.2, 0.25) is 0 Å². The standard InChI is InChI=1S/C17H14F2N6S/c1-11(15-20-13-9-5-6-10-14(13)24(15)16(18)19)26-17-21-22-23-25(17)12-7-3-2-4-8-12/h2-11,16H,1H3/t11-/m1/s1. The summed E-state index contributed by atoms with van der Waals surface area (Å²) < 4.78 is 29.8. The average molecular weight is 372 g/mol. The molecule has 4 aromatic rings. The van der Waals surface area contributed by atoms with E-state index in [1.54, 1.807) is 28.9 Å². The Bertz CT molecular complexity index is 1030. The summed E-state index contributed by atoms with van der Waals surface area (Å²) in [5.41, 5.74) is 1.75. The molecule has 0 unspecified atom stereocenters. The van der Waals surface area contributed by atoms with E-state index in [9.17, 15) is 8.78 Å². The Morgan fingerprint density at radius 3 is 2.50 bits per heavy atom. The van der Waals surface area contributed by atoms with Crippen LogP contribution in [0.25, 0.3) is 16.7 Å². The molecule has 0 fully saturated rings. The number of hydrogen-bond donors (Lipinski definition) is 0. The first kappa shape index (κ1) is 16.6. The molecule has 0 N–H and O–H groups in total. The quantitative estimate of drug-likeness (QED) is 0.490. The Morgan fingerprint density at radius 1 is 1.00 bits per heavy atom. The molecule has 0 radical (unpaired) electrons. The van der Waals surface area contributed by atoms with Gasteiger partial charge in [0.1, 0.15) is 5.82 Å². The summed E-state index contributed by atoms with van der Waals surface area (Å²) in [5, 5.41) is 11.9. The molecule has 0 aliphatic rings. The van der Waals surface area contributed by atoms with Crippen LogP contribution >= 0.6 is 11.8 Å². The van der Waals surface area contributed by atoms with E-state index in [-0.39, 0.29) is 11.1 Å². The van der Waals surface area contributed by atoms with Crippen molar-refractivity contribution in [3.8, 4) is 5.69 Å². The van der Waals surface area contributed by atoms with Gasteiger partial charge in [0.05, 0.1) is 22.0 Å². The Balaban J connectivity index is 1.70. The Hall–Kier alpha value is -2.81. The van der Waals surface area contributed by atoms with E-state index in [0.717, 1.165) is 10.3 Å². The second kappa shape index (κ2) is 6.83. The Morgan fingerprint density at radius 2 is 1.73 bits per heavy atom. The van der Waals surface area contributed by atoms with Gasteiger partial charge in [-0.3, -0.25) is 4.57 Å².